The molecule has 1 aromatic carbocycles. The number of quaternary nitrogens is 1. The summed E-state index contributed by atoms with van der Waals surface area (Å²) in [5.74, 6) is -1.03. The molecule has 0 aliphatic rings. The van der Waals surface area contributed by atoms with Gasteiger partial charge >= 0.3 is 11.9 Å². The van der Waals surface area contributed by atoms with Gasteiger partial charge in [-0.05, 0) is 19.1 Å². The van der Waals surface area contributed by atoms with Gasteiger partial charge in [-0.1, -0.05) is 43.0 Å². The smallest absolute Gasteiger partial charge is 0.365 e. The van der Waals surface area contributed by atoms with Crippen molar-refractivity contribution < 1.29 is 37.8 Å². The number of carbonyl (C=O) groups is 2. The summed E-state index contributed by atoms with van der Waals surface area (Å²) < 4.78 is 40.6. The summed E-state index contributed by atoms with van der Waals surface area (Å²) in [6.07, 6.45) is 2.80. The third-order valence-electron chi connectivity index (χ3n) is 2.76. The lowest BCUT2D eigenvalue weighted by Gasteiger charge is -2.06. The Bertz CT molecular complexity index is 711. The number of carbonyl (C=O) groups excluding carboxylic acids is 2. The van der Waals surface area contributed by atoms with Gasteiger partial charge in [-0.25, -0.2) is 13.2 Å². The van der Waals surface area contributed by atoms with E-state index < -0.39 is 28.1 Å². The highest BCUT2D eigenvalue weighted by Crippen LogP contribution is 2.08. The van der Waals surface area contributed by atoms with E-state index in [1.807, 2.05) is 6.92 Å². The summed E-state index contributed by atoms with van der Waals surface area (Å²) in [7, 11) is -4.27. The molecule has 0 spiro atoms. The first-order valence-electron chi connectivity index (χ1n) is 7.51. The Morgan fingerprint density at radius 2 is 1.65 bits per heavy atom. The molecule has 26 heavy (non-hydrogen) atoms. The lowest BCUT2D eigenvalue weighted by Crippen LogP contribution is -2.66. The number of aryl methyl sites for hydroxylation is 1. The first-order valence-corrected chi connectivity index (χ1v) is 8.92. The standard InChI is InChI=1S/C10H15NO4.C7H8O3S/c1-3-5-14-9(12)7-8(11)10(13)15-6-4-2;1-6-2-4-7(5-3-6)11(8,9)10/h3-4,8H,1-2,5-7,11H2;2-5H,1H3,(H,8,9,10)/t8-;/m1./s1. The van der Waals surface area contributed by atoms with Crippen LogP contribution in [0.1, 0.15) is 12.0 Å². The predicted octanol–water partition coefficient (Wildman–Crippen LogP) is 0.345. The fraction of sp³-hybridized carbons (Fsp3) is 0.294. The van der Waals surface area contributed by atoms with Gasteiger partial charge in [0, 0.05) is 0 Å². The number of benzene rings is 1. The summed E-state index contributed by atoms with van der Waals surface area (Å²) in [5.41, 5.74) is 4.43. The maximum Gasteiger partial charge on any atom is 0.365 e. The molecule has 0 saturated heterocycles. The highest BCUT2D eigenvalue weighted by molar-refractivity contribution is 7.85. The van der Waals surface area contributed by atoms with Crippen molar-refractivity contribution in [3.05, 3.63) is 55.1 Å². The Labute approximate surface area is 153 Å². The van der Waals surface area contributed by atoms with Crippen LogP contribution in [0.5, 0.6) is 0 Å². The summed E-state index contributed by atoms with van der Waals surface area (Å²) in [6, 6.07) is 5.03. The average molecular weight is 385 g/mol. The van der Waals surface area contributed by atoms with Crippen molar-refractivity contribution in [3.8, 4) is 0 Å². The van der Waals surface area contributed by atoms with Crippen molar-refractivity contribution in [2.75, 3.05) is 13.2 Å². The summed E-state index contributed by atoms with van der Waals surface area (Å²) in [4.78, 5) is 22.0. The summed E-state index contributed by atoms with van der Waals surface area (Å²) in [6.45, 7) is 8.86. The van der Waals surface area contributed by atoms with Crippen molar-refractivity contribution >= 4 is 22.1 Å². The zero-order valence-electron chi connectivity index (χ0n) is 14.6. The van der Waals surface area contributed by atoms with Crippen molar-refractivity contribution in [2.45, 2.75) is 24.3 Å². The van der Waals surface area contributed by atoms with Gasteiger partial charge < -0.3 is 19.8 Å². The van der Waals surface area contributed by atoms with Gasteiger partial charge in [-0.15, -0.1) is 0 Å². The second kappa shape index (κ2) is 12.0. The molecule has 1 atom stereocenters. The number of hydrogen-bond acceptors (Lipinski definition) is 7. The van der Waals surface area contributed by atoms with E-state index in [9.17, 15) is 22.6 Å². The van der Waals surface area contributed by atoms with Gasteiger partial charge in [0.2, 0.25) is 0 Å². The SMILES string of the molecule is C=CCOC(=O)C[C@@H]([NH3+])C(=O)OCC=C.Cc1ccc(S(=O)(=O)[O-])cc1. The van der Waals surface area contributed by atoms with Gasteiger partial charge in [0.1, 0.15) is 29.8 Å². The van der Waals surface area contributed by atoms with Gasteiger partial charge in [0.05, 0.1) is 4.90 Å². The third kappa shape index (κ3) is 10.4. The minimum atomic E-state index is -4.27. The molecule has 3 N–H and O–H groups in total. The van der Waals surface area contributed by atoms with Gasteiger partial charge in [-0.2, -0.15) is 0 Å². The molecule has 0 aliphatic carbocycles. The van der Waals surface area contributed by atoms with Crippen LogP contribution in [0.4, 0.5) is 0 Å². The Morgan fingerprint density at radius 3 is 2.12 bits per heavy atom. The Morgan fingerprint density at radius 1 is 1.15 bits per heavy atom. The maximum absolute atomic E-state index is 11.2. The number of esters is 2. The van der Waals surface area contributed by atoms with E-state index in [0.717, 1.165) is 5.56 Å². The lowest BCUT2D eigenvalue weighted by atomic mass is 10.2. The topological polar surface area (TPSA) is 137 Å². The molecule has 0 unspecified atom stereocenters. The lowest BCUT2D eigenvalue weighted by molar-refractivity contribution is -0.407. The van der Waals surface area contributed by atoms with E-state index in [1.54, 1.807) is 12.1 Å². The largest absolute Gasteiger partial charge is 0.744 e. The van der Waals surface area contributed by atoms with E-state index >= 15 is 0 Å². The first kappa shape index (κ1) is 23.5. The third-order valence-corrected chi connectivity index (χ3v) is 3.61. The minimum Gasteiger partial charge on any atom is -0.744 e. The molecule has 1 rings (SSSR count). The molecule has 0 heterocycles. The average Bonchev–Trinajstić information content (AvgIpc) is 2.57. The van der Waals surface area contributed by atoms with Crippen LogP contribution in [0.3, 0.4) is 0 Å². The number of ether oxygens (including phenoxy) is 2. The molecular formula is C17H23NO7S. The van der Waals surface area contributed by atoms with E-state index in [-0.39, 0.29) is 24.5 Å². The molecule has 0 radical (unpaired) electrons. The fourth-order valence-corrected chi connectivity index (χ4v) is 1.93. The highest BCUT2D eigenvalue weighted by atomic mass is 32.2. The molecule has 0 aliphatic heterocycles. The van der Waals surface area contributed by atoms with Crippen LogP contribution < -0.4 is 5.73 Å². The zero-order valence-corrected chi connectivity index (χ0v) is 15.4. The van der Waals surface area contributed by atoms with Crippen LogP contribution in [0, 0.1) is 6.92 Å². The van der Waals surface area contributed by atoms with Gasteiger partial charge in [-0.3, -0.25) is 4.79 Å². The summed E-state index contributed by atoms with van der Waals surface area (Å²) >= 11 is 0. The van der Waals surface area contributed by atoms with Crippen LogP contribution in [0.25, 0.3) is 0 Å². The van der Waals surface area contributed by atoms with Crippen LogP contribution in [0.2, 0.25) is 0 Å². The van der Waals surface area contributed by atoms with Gasteiger partial charge in [0.25, 0.3) is 0 Å². The van der Waals surface area contributed by atoms with Crippen molar-refractivity contribution in [3.63, 3.8) is 0 Å². The number of hydrogen-bond donors (Lipinski definition) is 1. The predicted molar refractivity (Wildman–Crippen MR) is 92.7 cm³/mol. The molecule has 144 valence electrons. The van der Waals surface area contributed by atoms with Crippen molar-refractivity contribution in [1.82, 2.24) is 0 Å². The maximum atomic E-state index is 11.2. The Hall–Kier alpha value is -2.49. The molecular weight excluding hydrogens is 362 g/mol. The fourth-order valence-electron chi connectivity index (χ4n) is 1.46. The molecule has 1 aromatic rings. The highest BCUT2D eigenvalue weighted by Gasteiger charge is 2.22. The second-order valence-corrected chi connectivity index (χ2v) is 6.44. The normalized spacial score (nSPS) is 11.3. The van der Waals surface area contributed by atoms with Crippen molar-refractivity contribution in [2.24, 2.45) is 0 Å². The Kier molecular flexibility index (Phi) is 10.8. The molecule has 0 saturated carbocycles. The van der Waals surface area contributed by atoms with E-state index in [4.69, 9.17) is 9.47 Å². The zero-order chi connectivity index (χ0) is 20.2. The summed E-state index contributed by atoms with van der Waals surface area (Å²) in [5, 5.41) is 0. The van der Waals surface area contributed by atoms with E-state index in [1.165, 1.54) is 24.3 Å². The Balaban J connectivity index is 0.000000502. The number of rotatable bonds is 8. The van der Waals surface area contributed by atoms with Crippen molar-refractivity contribution in [1.29, 1.82) is 0 Å². The quantitative estimate of drug-likeness (QED) is 0.387. The first-order chi connectivity index (χ1) is 12.1. The second-order valence-electron chi connectivity index (χ2n) is 5.06. The molecule has 0 bridgehead atoms. The molecule has 9 heteroatoms. The molecule has 0 fully saturated rings. The van der Waals surface area contributed by atoms with E-state index in [0.29, 0.717) is 0 Å². The molecule has 8 nitrogen and oxygen atoms in total. The van der Waals surface area contributed by atoms with E-state index in [2.05, 4.69) is 18.9 Å². The van der Waals surface area contributed by atoms with Gasteiger partial charge in [0.15, 0.2) is 6.04 Å². The molecule has 0 aromatic heterocycles. The molecule has 0 amide bonds. The van der Waals surface area contributed by atoms with Crippen LogP contribution in [-0.4, -0.2) is 44.2 Å². The van der Waals surface area contributed by atoms with Crippen LogP contribution in [-0.2, 0) is 29.2 Å². The van der Waals surface area contributed by atoms with Crippen LogP contribution >= 0.6 is 0 Å². The van der Waals surface area contributed by atoms with Crippen LogP contribution in [0.15, 0.2) is 54.5 Å². The monoisotopic (exact) mass is 385 g/mol. The minimum absolute atomic E-state index is 0.0934.